The average Bonchev–Trinajstić information content (AvgIpc) is 3.05. The standard InChI is InChI=1S/C17H10Cl3N3O3S/c18-10-4-5-14(23(25)26)12(7-10)16(24)22-17-21-8-11(27-17)6-9-2-1-3-13(19)15(9)20/h1-5,7-8H,6H2,(H,21,22,24). The summed E-state index contributed by atoms with van der Waals surface area (Å²) in [5, 5.41) is 15.1. The first-order valence-corrected chi connectivity index (χ1v) is 9.43. The third kappa shape index (κ3) is 4.56. The van der Waals surface area contributed by atoms with Crippen LogP contribution in [0.25, 0.3) is 0 Å². The van der Waals surface area contributed by atoms with Gasteiger partial charge in [-0.1, -0.05) is 46.9 Å². The maximum atomic E-state index is 12.4. The number of carbonyl (C=O) groups is 1. The Hall–Kier alpha value is -2.19. The molecule has 1 N–H and O–H groups in total. The number of carbonyl (C=O) groups excluding carboxylic acids is 1. The normalized spacial score (nSPS) is 10.6. The Morgan fingerprint density at radius 1 is 1.22 bits per heavy atom. The van der Waals surface area contributed by atoms with E-state index in [4.69, 9.17) is 34.8 Å². The molecule has 0 unspecified atom stereocenters. The molecule has 0 aliphatic rings. The Labute approximate surface area is 172 Å². The molecule has 0 saturated heterocycles. The van der Waals surface area contributed by atoms with Gasteiger partial charge in [0.1, 0.15) is 5.56 Å². The number of anilines is 1. The minimum Gasteiger partial charge on any atom is -0.298 e. The minimum absolute atomic E-state index is 0.137. The van der Waals surface area contributed by atoms with Gasteiger partial charge in [0.05, 0.1) is 15.0 Å². The Bertz CT molecular complexity index is 1040. The number of nitrogens with zero attached hydrogens (tertiary/aromatic N) is 2. The van der Waals surface area contributed by atoms with Gasteiger partial charge in [0.25, 0.3) is 11.6 Å². The predicted molar refractivity (Wildman–Crippen MR) is 107 cm³/mol. The fourth-order valence-corrected chi connectivity index (χ4v) is 3.72. The average molecular weight is 443 g/mol. The van der Waals surface area contributed by atoms with Crippen molar-refractivity contribution in [3.05, 3.63) is 83.8 Å². The summed E-state index contributed by atoms with van der Waals surface area (Å²) in [5.41, 5.74) is 0.359. The number of nitro benzene ring substituents is 1. The van der Waals surface area contributed by atoms with Gasteiger partial charge in [0.15, 0.2) is 5.13 Å². The zero-order valence-corrected chi connectivity index (χ0v) is 16.5. The van der Waals surface area contributed by atoms with Crippen molar-refractivity contribution >= 4 is 62.9 Å². The molecule has 0 atom stereocenters. The van der Waals surface area contributed by atoms with E-state index in [1.54, 1.807) is 18.3 Å². The van der Waals surface area contributed by atoms with Gasteiger partial charge in [-0.3, -0.25) is 20.2 Å². The molecule has 0 spiro atoms. The summed E-state index contributed by atoms with van der Waals surface area (Å²) >= 11 is 19.3. The molecule has 1 heterocycles. The molecule has 6 nitrogen and oxygen atoms in total. The number of amides is 1. The molecule has 3 rings (SSSR count). The number of hydrogen-bond donors (Lipinski definition) is 1. The van der Waals surface area contributed by atoms with Crippen LogP contribution in [-0.4, -0.2) is 15.8 Å². The Balaban J connectivity index is 1.78. The zero-order chi connectivity index (χ0) is 19.6. The number of rotatable bonds is 5. The highest BCUT2D eigenvalue weighted by atomic mass is 35.5. The second-order valence-electron chi connectivity index (χ2n) is 5.39. The van der Waals surface area contributed by atoms with Crippen LogP contribution in [0, 0.1) is 10.1 Å². The van der Waals surface area contributed by atoms with E-state index in [9.17, 15) is 14.9 Å². The molecule has 10 heteroatoms. The molecule has 138 valence electrons. The number of thiazole rings is 1. The van der Waals surface area contributed by atoms with Gasteiger partial charge >= 0.3 is 0 Å². The highest BCUT2D eigenvalue weighted by molar-refractivity contribution is 7.15. The summed E-state index contributed by atoms with van der Waals surface area (Å²) in [7, 11) is 0. The van der Waals surface area contributed by atoms with E-state index in [0.717, 1.165) is 10.4 Å². The van der Waals surface area contributed by atoms with E-state index in [-0.39, 0.29) is 16.3 Å². The number of halogens is 3. The number of nitro groups is 1. The van der Waals surface area contributed by atoms with Crippen molar-refractivity contribution in [2.45, 2.75) is 6.42 Å². The van der Waals surface area contributed by atoms with Crippen LogP contribution in [0.2, 0.25) is 15.1 Å². The molecular weight excluding hydrogens is 433 g/mol. The fraction of sp³-hybridized carbons (Fsp3) is 0.0588. The van der Waals surface area contributed by atoms with E-state index in [0.29, 0.717) is 21.6 Å². The lowest BCUT2D eigenvalue weighted by Gasteiger charge is -2.04. The smallest absolute Gasteiger partial charge is 0.282 e. The van der Waals surface area contributed by atoms with Crippen LogP contribution in [0.4, 0.5) is 10.8 Å². The largest absolute Gasteiger partial charge is 0.298 e. The molecule has 0 saturated carbocycles. The van der Waals surface area contributed by atoms with Crippen molar-refractivity contribution in [1.82, 2.24) is 4.98 Å². The first kappa shape index (κ1) is 19.6. The molecule has 0 bridgehead atoms. The van der Waals surface area contributed by atoms with Gasteiger partial charge in [0.2, 0.25) is 0 Å². The Morgan fingerprint density at radius 3 is 2.74 bits per heavy atom. The number of nitrogens with one attached hydrogen (secondary N) is 1. The van der Waals surface area contributed by atoms with Crippen molar-refractivity contribution < 1.29 is 9.72 Å². The van der Waals surface area contributed by atoms with Gasteiger partial charge in [0, 0.05) is 28.6 Å². The van der Waals surface area contributed by atoms with Gasteiger partial charge < -0.3 is 0 Å². The lowest BCUT2D eigenvalue weighted by molar-refractivity contribution is -0.385. The molecule has 0 aliphatic heterocycles. The van der Waals surface area contributed by atoms with Gasteiger partial charge in [-0.05, 0) is 23.8 Å². The minimum atomic E-state index is -0.661. The van der Waals surface area contributed by atoms with Gasteiger partial charge in [-0.25, -0.2) is 4.98 Å². The Morgan fingerprint density at radius 2 is 2.00 bits per heavy atom. The number of benzene rings is 2. The SMILES string of the molecule is O=C(Nc1ncc(Cc2cccc(Cl)c2Cl)s1)c1cc(Cl)ccc1[N+](=O)[O-]. The van der Waals surface area contributed by atoms with Crippen LogP contribution in [-0.2, 0) is 6.42 Å². The third-order valence-electron chi connectivity index (χ3n) is 3.57. The van der Waals surface area contributed by atoms with Crippen LogP contribution in [0.3, 0.4) is 0 Å². The zero-order valence-electron chi connectivity index (χ0n) is 13.4. The maximum Gasteiger partial charge on any atom is 0.282 e. The first-order chi connectivity index (χ1) is 12.8. The molecule has 3 aromatic rings. The molecule has 27 heavy (non-hydrogen) atoms. The lowest BCUT2D eigenvalue weighted by atomic mass is 10.1. The summed E-state index contributed by atoms with van der Waals surface area (Å²) in [4.78, 5) is 27.9. The van der Waals surface area contributed by atoms with Crippen LogP contribution in [0.5, 0.6) is 0 Å². The molecule has 0 fully saturated rings. The molecule has 1 amide bonds. The van der Waals surface area contributed by atoms with Crippen LogP contribution in [0.15, 0.2) is 42.6 Å². The van der Waals surface area contributed by atoms with E-state index in [1.807, 2.05) is 6.07 Å². The predicted octanol–water partition coefficient (Wildman–Crippen LogP) is 5.85. The summed E-state index contributed by atoms with van der Waals surface area (Å²) in [6, 6.07) is 9.13. The fourth-order valence-electron chi connectivity index (χ4n) is 2.33. The van der Waals surface area contributed by atoms with Crippen LogP contribution < -0.4 is 5.32 Å². The highest BCUT2D eigenvalue weighted by Crippen LogP contribution is 2.30. The number of aromatic nitrogens is 1. The second-order valence-corrected chi connectivity index (χ2v) is 7.73. The van der Waals surface area contributed by atoms with E-state index in [1.165, 1.54) is 29.5 Å². The molecule has 0 radical (unpaired) electrons. The molecule has 1 aromatic heterocycles. The second kappa shape index (κ2) is 8.22. The lowest BCUT2D eigenvalue weighted by Crippen LogP contribution is -2.13. The summed E-state index contributed by atoms with van der Waals surface area (Å²) in [5.74, 6) is -0.661. The summed E-state index contributed by atoms with van der Waals surface area (Å²) < 4.78 is 0. The Kier molecular flexibility index (Phi) is 5.96. The van der Waals surface area contributed by atoms with Crippen molar-refractivity contribution in [3.8, 4) is 0 Å². The van der Waals surface area contributed by atoms with Crippen molar-refractivity contribution in [1.29, 1.82) is 0 Å². The van der Waals surface area contributed by atoms with Crippen LogP contribution >= 0.6 is 46.1 Å². The third-order valence-corrected chi connectivity index (χ3v) is 5.58. The van der Waals surface area contributed by atoms with E-state index < -0.39 is 10.8 Å². The van der Waals surface area contributed by atoms with Crippen LogP contribution in [0.1, 0.15) is 20.8 Å². The molecule has 0 aliphatic carbocycles. The molecule has 2 aromatic carbocycles. The highest BCUT2D eigenvalue weighted by Gasteiger charge is 2.21. The maximum absolute atomic E-state index is 12.4. The van der Waals surface area contributed by atoms with Crippen molar-refractivity contribution in [3.63, 3.8) is 0 Å². The summed E-state index contributed by atoms with van der Waals surface area (Å²) in [6.45, 7) is 0. The molecular formula is C17H10Cl3N3O3S. The topological polar surface area (TPSA) is 85.1 Å². The first-order valence-electron chi connectivity index (χ1n) is 7.48. The monoisotopic (exact) mass is 441 g/mol. The van der Waals surface area contributed by atoms with Gasteiger partial charge in [-0.15, -0.1) is 11.3 Å². The van der Waals surface area contributed by atoms with E-state index in [2.05, 4.69) is 10.3 Å². The quantitative estimate of drug-likeness (QED) is 0.396. The van der Waals surface area contributed by atoms with Gasteiger partial charge in [-0.2, -0.15) is 0 Å². The number of hydrogen-bond acceptors (Lipinski definition) is 5. The van der Waals surface area contributed by atoms with E-state index >= 15 is 0 Å². The summed E-state index contributed by atoms with van der Waals surface area (Å²) in [6.07, 6.45) is 2.09. The van der Waals surface area contributed by atoms with Crippen molar-refractivity contribution in [2.24, 2.45) is 0 Å². The van der Waals surface area contributed by atoms with Crippen molar-refractivity contribution in [2.75, 3.05) is 5.32 Å².